The topological polar surface area (TPSA) is 56.7 Å². The van der Waals surface area contributed by atoms with Crippen LogP contribution in [0, 0.1) is 0 Å². The molecule has 5 heteroatoms. The van der Waals surface area contributed by atoms with E-state index in [0.29, 0.717) is 17.5 Å². The Labute approximate surface area is 305 Å². The molecule has 0 aliphatic heterocycles. The molecule has 53 heavy (non-hydrogen) atoms. The van der Waals surface area contributed by atoms with E-state index in [-0.39, 0.29) is 5.41 Å². The van der Waals surface area contributed by atoms with Crippen molar-refractivity contribution in [2.45, 2.75) is 19.3 Å². The molecule has 3 aromatic heterocycles. The molecule has 0 amide bonds. The van der Waals surface area contributed by atoms with Crippen LogP contribution in [0.1, 0.15) is 25.0 Å². The van der Waals surface area contributed by atoms with E-state index < -0.39 is 0 Å². The van der Waals surface area contributed by atoms with Gasteiger partial charge < -0.3 is 8.98 Å². The molecule has 0 bridgehead atoms. The minimum absolute atomic E-state index is 0.255. The van der Waals surface area contributed by atoms with Crippen molar-refractivity contribution in [3.05, 3.63) is 169 Å². The molecule has 0 unspecified atom stereocenters. The lowest BCUT2D eigenvalue weighted by atomic mass is 9.81. The van der Waals surface area contributed by atoms with E-state index >= 15 is 0 Å². The van der Waals surface area contributed by atoms with Gasteiger partial charge in [-0.2, -0.15) is 0 Å². The summed E-state index contributed by atoms with van der Waals surface area (Å²) in [7, 11) is 0. The number of fused-ring (bicyclic) bond motifs is 10. The molecule has 0 atom stereocenters. The number of hydrogen-bond acceptors (Lipinski definition) is 4. The smallest absolute Gasteiger partial charge is 0.164 e. The van der Waals surface area contributed by atoms with Crippen LogP contribution in [-0.4, -0.2) is 19.5 Å². The van der Waals surface area contributed by atoms with Crippen LogP contribution in [0.3, 0.4) is 0 Å². The Morgan fingerprint density at radius 3 is 1.74 bits per heavy atom. The molecule has 5 nitrogen and oxygen atoms in total. The summed E-state index contributed by atoms with van der Waals surface area (Å²) in [5.74, 6) is 1.94. The van der Waals surface area contributed by atoms with Gasteiger partial charge in [-0.05, 0) is 70.8 Å². The molecule has 0 N–H and O–H groups in total. The summed E-state index contributed by atoms with van der Waals surface area (Å²) in [6, 6.07) is 55.2. The summed E-state index contributed by atoms with van der Waals surface area (Å²) in [4.78, 5) is 14.9. The fourth-order valence-electron chi connectivity index (χ4n) is 8.53. The van der Waals surface area contributed by atoms with Crippen molar-refractivity contribution >= 4 is 43.7 Å². The third-order valence-electron chi connectivity index (χ3n) is 11.0. The second-order valence-electron chi connectivity index (χ2n) is 14.4. The number of aromatic nitrogens is 4. The zero-order valence-corrected chi connectivity index (χ0v) is 29.2. The van der Waals surface area contributed by atoms with Gasteiger partial charge in [-0.15, -0.1) is 0 Å². The van der Waals surface area contributed by atoms with E-state index in [9.17, 15) is 0 Å². The third kappa shape index (κ3) is 4.40. The highest BCUT2D eigenvalue weighted by atomic mass is 16.3. The SMILES string of the molecule is CC1(C)c2cc3c(cc2-c2ccc4c5ccccc5n(-c5ccc(-c6nc(-c7ccccc7)nc(-c7ccccc7)n6)cc5)c4c21)oc1ccccc13. The molecule has 0 saturated carbocycles. The molecule has 1 aliphatic rings. The van der Waals surface area contributed by atoms with Crippen molar-refractivity contribution in [3.8, 4) is 51.0 Å². The molecular formula is C48H32N4O. The van der Waals surface area contributed by atoms with Crippen molar-refractivity contribution in [2.24, 2.45) is 0 Å². The van der Waals surface area contributed by atoms with Crippen molar-refractivity contribution in [3.63, 3.8) is 0 Å². The predicted molar refractivity (Wildman–Crippen MR) is 215 cm³/mol. The average molecular weight is 681 g/mol. The average Bonchev–Trinajstić information content (AvgIpc) is 3.82. The van der Waals surface area contributed by atoms with Gasteiger partial charge in [0, 0.05) is 49.3 Å². The fourth-order valence-corrected chi connectivity index (χ4v) is 8.53. The van der Waals surface area contributed by atoms with Crippen molar-refractivity contribution < 1.29 is 4.42 Å². The Hall–Kier alpha value is -6.85. The first-order valence-corrected chi connectivity index (χ1v) is 18.0. The highest BCUT2D eigenvalue weighted by Crippen LogP contribution is 2.54. The standard InChI is InChI=1S/C48H32N4O/c1-48(2)39-27-38-34-18-10-12-20-41(34)53-42(38)28-37(39)35-25-26-36-33-17-9-11-19-40(33)52(44(36)43(35)48)32-23-21-31(22-24-32)47-50-45(29-13-5-3-6-14-29)49-46(51-47)30-15-7-4-8-16-30/h3-28H,1-2H3. The van der Waals surface area contributed by atoms with Crippen LogP contribution >= 0.6 is 0 Å². The van der Waals surface area contributed by atoms with Gasteiger partial charge in [-0.1, -0.05) is 123 Å². The summed E-state index contributed by atoms with van der Waals surface area (Å²) < 4.78 is 8.83. The van der Waals surface area contributed by atoms with Gasteiger partial charge in [0.15, 0.2) is 17.5 Å². The van der Waals surface area contributed by atoms with Gasteiger partial charge in [-0.3, -0.25) is 0 Å². The van der Waals surface area contributed by atoms with Crippen LogP contribution in [0.2, 0.25) is 0 Å². The van der Waals surface area contributed by atoms with E-state index in [2.05, 4.69) is 109 Å². The maximum atomic E-state index is 6.38. The summed E-state index contributed by atoms with van der Waals surface area (Å²) in [6.45, 7) is 4.73. The molecule has 7 aromatic carbocycles. The Morgan fingerprint density at radius 2 is 1.06 bits per heavy atom. The van der Waals surface area contributed by atoms with Crippen molar-refractivity contribution in [1.82, 2.24) is 19.5 Å². The van der Waals surface area contributed by atoms with Crippen molar-refractivity contribution in [2.75, 3.05) is 0 Å². The molecular weight excluding hydrogens is 649 g/mol. The van der Waals surface area contributed by atoms with Crippen LogP contribution in [-0.2, 0) is 5.41 Å². The van der Waals surface area contributed by atoms with Crippen molar-refractivity contribution in [1.29, 1.82) is 0 Å². The number of furan rings is 1. The highest BCUT2D eigenvalue weighted by Gasteiger charge is 2.39. The van der Waals surface area contributed by atoms with E-state index in [1.165, 1.54) is 44.1 Å². The molecule has 0 spiro atoms. The van der Waals surface area contributed by atoms with E-state index in [0.717, 1.165) is 44.3 Å². The molecule has 250 valence electrons. The first-order valence-electron chi connectivity index (χ1n) is 18.0. The molecule has 10 aromatic rings. The molecule has 11 rings (SSSR count). The number of nitrogens with zero attached hydrogens (tertiary/aromatic N) is 4. The number of benzene rings is 7. The monoisotopic (exact) mass is 680 g/mol. The summed E-state index contributed by atoms with van der Waals surface area (Å²) in [5.41, 5.74) is 13.1. The van der Waals surface area contributed by atoms with Gasteiger partial charge in [0.2, 0.25) is 0 Å². The molecule has 0 fully saturated rings. The zero-order chi connectivity index (χ0) is 35.3. The number of para-hydroxylation sites is 2. The highest BCUT2D eigenvalue weighted by molar-refractivity contribution is 6.14. The lowest BCUT2D eigenvalue weighted by molar-refractivity contribution is 0.660. The minimum atomic E-state index is -0.255. The third-order valence-corrected chi connectivity index (χ3v) is 11.0. The molecule has 1 aliphatic carbocycles. The predicted octanol–water partition coefficient (Wildman–Crippen LogP) is 12.2. The fraction of sp³-hybridized carbons (Fsp3) is 0.0625. The number of rotatable bonds is 4. The van der Waals surface area contributed by atoms with Gasteiger partial charge in [0.1, 0.15) is 11.2 Å². The zero-order valence-electron chi connectivity index (χ0n) is 29.2. The van der Waals surface area contributed by atoms with Gasteiger partial charge in [0.05, 0.1) is 11.0 Å². The van der Waals surface area contributed by atoms with Gasteiger partial charge in [-0.25, -0.2) is 15.0 Å². The normalized spacial score (nSPS) is 13.2. The van der Waals surface area contributed by atoms with E-state index in [1.807, 2.05) is 66.7 Å². The molecule has 3 heterocycles. The van der Waals surface area contributed by atoms with Gasteiger partial charge in [0.25, 0.3) is 0 Å². The summed E-state index contributed by atoms with van der Waals surface area (Å²) in [6.07, 6.45) is 0. The molecule has 0 saturated heterocycles. The van der Waals surface area contributed by atoms with Crippen LogP contribution in [0.25, 0.3) is 94.7 Å². The van der Waals surface area contributed by atoms with Crippen LogP contribution < -0.4 is 0 Å². The van der Waals surface area contributed by atoms with Crippen LogP contribution in [0.4, 0.5) is 0 Å². The Kier molecular flexibility index (Phi) is 6.23. The van der Waals surface area contributed by atoms with Gasteiger partial charge >= 0.3 is 0 Å². The van der Waals surface area contributed by atoms with E-state index in [4.69, 9.17) is 19.4 Å². The Balaban J connectivity index is 1.10. The number of hydrogen-bond donors (Lipinski definition) is 0. The lowest BCUT2D eigenvalue weighted by Crippen LogP contribution is -2.16. The largest absolute Gasteiger partial charge is 0.456 e. The second kappa shape index (κ2) is 11.1. The second-order valence-corrected chi connectivity index (χ2v) is 14.4. The maximum Gasteiger partial charge on any atom is 0.164 e. The van der Waals surface area contributed by atoms with Crippen LogP contribution in [0.5, 0.6) is 0 Å². The van der Waals surface area contributed by atoms with Crippen LogP contribution in [0.15, 0.2) is 162 Å². The Morgan fingerprint density at radius 1 is 0.472 bits per heavy atom. The quantitative estimate of drug-likeness (QED) is 0.186. The minimum Gasteiger partial charge on any atom is -0.456 e. The summed E-state index contributed by atoms with van der Waals surface area (Å²) >= 11 is 0. The Bertz CT molecular complexity index is 3010. The molecule has 0 radical (unpaired) electrons. The first-order chi connectivity index (χ1) is 26.0. The lowest BCUT2D eigenvalue weighted by Gasteiger charge is -2.24. The summed E-state index contributed by atoms with van der Waals surface area (Å²) in [5, 5.41) is 4.80. The van der Waals surface area contributed by atoms with E-state index in [1.54, 1.807) is 0 Å². The first kappa shape index (κ1) is 29.8. The maximum absolute atomic E-state index is 6.38.